The van der Waals surface area contributed by atoms with Gasteiger partial charge in [-0.2, -0.15) is 0 Å². The average Bonchev–Trinajstić information content (AvgIpc) is 2.38. The van der Waals surface area contributed by atoms with Gasteiger partial charge in [-0.15, -0.1) is 23.2 Å². The second kappa shape index (κ2) is 2.76. The van der Waals surface area contributed by atoms with Crippen LogP contribution in [0.1, 0.15) is 0 Å². The monoisotopic (exact) mass is 210 g/mol. The first kappa shape index (κ1) is 8.60. The predicted octanol–water partition coefficient (Wildman–Crippen LogP) is 0.365. The molecule has 0 aromatic heterocycles. The van der Waals surface area contributed by atoms with Gasteiger partial charge in [-0.3, -0.25) is 4.79 Å². The van der Waals surface area contributed by atoms with Crippen LogP contribution in [0.4, 0.5) is 0 Å². The number of rotatable bonds is 1. The van der Waals surface area contributed by atoms with E-state index in [1.165, 1.54) is 0 Å². The van der Waals surface area contributed by atoms with E-state index in [1.807, 2.05) is 0 Å². The summed E-state index contributed by atoms with van der Waals surface area (Å²) < 4.78 is 4.88. The smallest absolute Gasteiger partial charge is 0.311 e. The van der Waals surface area contributed by atoms with Crippen LogP contribution in [0, 0.1) is 11.8 Å². The van der Waals surface area contributed by atoms with Gasteiger partial charge in [0.2, 0.25) is 0 Å². The molecular formula is C7H8Cl2O3. The summed E-state index contributed by atoms with van der Waals surface area (Å²) in [4.78, 5) is 11.1. The molecule has 0 spiro atoms. The molecule has 12 heavy (non-hydrogen) atoms. The van der Waals surface area contributed by atoms with E-state index in [4.69, 9.17) is 33.0 Å². The van der Waals surface area contributed by atoms with Crippen molar-refractivity contribution in [2.45, 2.75) is 16.9 Å². The molecule has 2 unspecified atom stereocenters. The van der Waals surface area contributed by atoms with E-state index in [1.54, 1.807) is 0 Å². The van der Waals surface area contributed by atoms with Crippen LogP contribution in [0.2, 0.25) is 0 Å². The highest BCUT2D eigenvalue weighted by molar-refractivity contribution is 6.33. The summed E-state index contributed by atoms with van der Waals surface area (Å²) in [5.41, 5.74) is 0. The van der Waals surface area contributed by atoms with Gasteiger partial charge in [0.05, 0.1) is 23.3 Å². The number of aliphatic hydroxyl groups is 1. The third-order valence-corrected chi connectivity index (χ3v) is 3.81. The molecule has 5 heteroatoms. The SMILES string of the molecule is O=C1O[C@H](CO)[C@H]2C(Cl)C(Cl)[C@@H]12. The van der Waals surface area contributed by atoms with Crippen LogP contribution in [0.25, 0.3) is 0 Å². The topological polar surface area (TPSA) is 46.5 Å². The van der Waals surface area contributed by atoms with Crippen molar-refractivity contribution in [2.75, 3.05) is 6.61 Å². The summed E-state index contributed by atoms with van der Waals surface area (Å²) in [5.74, 6) is -0.714. The van der Waals surface area contributed by atoms with Crippen LogP contribution < -0.4 is 0 Å². The summed E-state index contributed by atoms with van der Waals surface area (Å²) in [6, 6.07) is 0. The summed E-state index contributed by atoms with van der Waals surface area (Å²) in [5, 5.41) is 8.25. The number of esters is 1. The van der Waals surface area contributed by atoms with E-state index < -0.39 is 6.10 Å². The standard InChI is InChI=1S/C7H8Cl2O3/c8-5-3-2(1-10)12-7(11)4(3)6(5)9/h2-6,10H,1H2/t2-,3-,4+,5?,6?/m1/s1. The van der Waals surface area contributed by atoms with Crippen molar-refractivity contribution in [2.24, 2.45) is 11.8 Å². The molecule has 0 radical (unpaired) electrons. The molecule has 1 saturated heterocycles. The van der Waals surface area contributed by atoms with Crippen LogP contribution in [0.15, 0.2) is 0 Å². The number of fused-ring (bicyclic) bond motifs is 1. The zero-order chi connectivity index (χ0) is 8.88. The van der Waals surface area contributed by atoms with Crippen molar-refractivity contribution in [1.82, 2.24) is 0 Å². The van der Waals surface area contributed by atoms with Gasteiger partial charge < -0.3 is 9.84 Å². The lowest BCUT2D eigenvalue weighted by atomic mass is 9.72. The van der Waals surface area contributed by atoms with Crippen LogP contribution >= 0.6 is 23.2 Å². The molecule has 5 atom stereocenters. The highest BCUT2D eigenvalue weighted by Crippen LogP contribution is 2.50. The molecule has 1 heterocycles. The number of alkyl halides is 2. The Morgan fingerprint density at radius 2 is 2.08 bits per heavy atom. The van der Waals surface area contributed by atoms with Gasteiger partial charge in [-0.05, 0) is 0 Å². The molecule has 0 amide bonds. The minimum Gasteiger partial charge on any atom is -0.459 e. The van der Waals surface area contributed by atoms with Crippen LogP contribution in [0.5, 0.6) is 0 Å². The third kappa shape index (κ3) is 0.902. The fourth-order valence-corrected chi connectivity index (χ4v) is 2.78. The molecule has 1 aliphatic carbocycles. The zero-order valence-corrected chi connectivity index (χ0v) is 7.63. The van der Waals surface area contributed by atoms with Gasteiger partial charge in [0.15, 0.2) is 0 Å². The molecule has 2 rings (SSSR count). The van der Waals surface area contributed by atoms with Crippen molar-refractivity contribution in [1.29, 1.82) is 0 Å². The van der Waals surface area contributed by atoms with E-state index in [9.17, 15) is 4.79 Å². The van der Waals surface area contributed by atoms with E-state index >= 15 is 0 Å². The molecule has 0 aromatic rings. The summed E-state index contributed by atoms with van der Waals surface area (Å²) in [6.45, 7) is -0.167. The average molecular weight is 211 g/mol. The predicted molar refractivity (Wildman–Crippen MR) is 43.2 cm³/mol. The van der Waals surface area contributed by atoms with Gasteiger partial charge in [-0.25, -0.2) is 0 Å². The van der Waals surface area contributed by atoms with Gasteiger partial charge in [0.1, 0.15) is 6.10 Å². The fourth-order valence-electron chi connectivity index (χ4n) is 1.86. The lowest BCUT2D eigenvalue weighted by Crippen LogP contribution is -2.52. The minimum absolute atomic E-state index is 0.0910. The minimum atomic E-state index is -0.444. The lowest BCUT2D eigenvalue weighted by Gasteiger charge is -2.39. The quantitative estimate of drug-likeness (QED) is 0.503. The molecule has 1 saturated carbocycles. The Kier molecular flexibility index (Phi) is 1.97. The molecule has 0 bridgehead atoms. The Morgan fingerprint density at radius 3 is 2.67 bits per heavy atom. The van der Waals surface area contributed by atoms with Gasteiger partial charge in [-0.1, -0.05) is 0 Å². The maximum atomic E-state index is 11.1. The normalized spacial score (nSPS) is 51.2. The second-order valence-corrected chi connectivity index (χ2v) is 4.16. The van der Waals surface area contributed by atoms with Crippen LogP contribution in [-0.2, 0) is 9.53 Å². The number of carbonyl (C=O) groups is 1. The van der Waals surface area contributed by atoms with Crippen molar-refractivity contribution in [3.63, 3.8) is 0 Å². The molecule has 2 aliphatic rings. The highest BCUT2D eigenvalue weighted by atomic mass is 35.5. The van der Waals surface area contributed by atoms with Crippen LogP contribution in [-0.4, -0.2) is 34.5 Å². The number of hydrogen-bond donors (Lipinski definition) is 1. The Morgan fingerprint density at radius 1 is 1.42 bits per heavy atom. The lowest BCUT2D eigenvalue weighted by molar-refractivity contribution is -0.145. The number of cyclic esters (lactones) is 1. The summed E-state index contributed by atoms with van der Waals surface area (Å²) in [6.07, 6.45) is -0.444. The van der Waals surface area contributed by atoms with Gasteiger partial charge in [0, 0.05) is 5.92 Å². The second-order valence-electron chi connectivity index (χ2n) is 3.15. The number of ether oxygens (including phenoxy) is 1. The number of hydrogen-bond acceptors (Lipinski definition) is 3. The first-order valence-corrected chi connectivity index (χ1v) is 4.63. The Labute approximate surface area is 79.6 Å². The van der Waals surface area contributed by atoms with E-state index in [0.717, 1.165) is 0 Å². The highest BCUT2D eigenvalue weighted by Gasteiger charge is 2.61. The Bertz CT molecular complexity index is 221. The van der Waals surface area contributed by atoms with Gasteiger partial charge >= 0.3 is 5.97 Å². The van der Waals surface area contributed by atoms with E-state index in [-0.39, 0.29) is 35.2 Å². The number of carbonyl (C=O) groups excluding carboxylic acids is 1. The summed E-state index contributed by atoms with van der Waals surface area (Å²) >= 11 is 11.7. The molecule has 68 valence electrons. The van der Waals surface area contributed by atoms with Crippen molar-refractivity contribution < 1.29 is 14.6 Å². The molecule has 1 aliphatic heterocycles. The van der Waals surface area contributed by atoms with E-state index in [2.05, 4.69) is 0 Å². The van der Waals surface area contributed by atoms with Crippen molar-refractivity contribution in [3.8, 4) is 0 Å². The third-order valence-electron chi connectivity index (χ3n) is 2.58. The molecular weight excluding hydrogens is 203 g/mol. The summed E-state index contributed by atoms with van der Waals surface area (Å²) in [7, 11) is 0. The van der Waals surface area contributed by atoms with Crippen LogP contribution in [0.3, 0.4) is 0 Å². The zero-order valence-electron chi connectivity index (χ0n) is 6.11. The largest absolute Gasteiger partial charge is 0.459 e. The van der Waals surface area contributed by atoms with Gasteiger partial charge in [0.25, 0.3) is 0 Å². The molecule has 1 N–H and O–H groups in total. The molecule has 0 aromatic carbocycles. The van der Waals surface area contributed by atoms with Crippen molar-refractivity contribution in [3.05, 3.63) is 0 Å². The first-order chi connectivity index (χ1) is 5.66. The molecule has 2 fully saturated rings. The Balaban J connectivity index is 2.16. The maximum Gasteiger partial charge on any atom is 0.311 e. The van der Waals surface area contributed by atoms with Crippen molar-refractivity contribution >= 4 is 29.2 Å². The molecule has 3 nitrogen and oxygen atoms in total. The number of halogens is 2. The number of aliphatic hydroxyl groups excluding tert-OH is 1. The van der Waals surface area contributed by atoms with E-state index in [0.29, 0.717) is 0 Å². The first-order valence-electron chi connectivity index (χ1n) is 3.76. The maximum absolute atomic E-state index is 11.1. The fraction of sp³-hybridized carbons (Fsp3) is 0.857. The Hall–Kier alpha value is 0.01000.